The number of aliphatic hydroxyl groups is 2. The second-order valence-electron chi connectivity index (χ2n) is 2.65. The van der Waals surface area contributed by atoms with E-state index in [1.54, 1.807) is 6.92 Å². The highest BCUT2D eigenvalue weighted by Crippen LogP contribution is 1.97. The van der Waals surface area contributed by atoms with E-state index in [0.29, 0.717) is 0 Å². The van der Waals surface area contributed by atoms with E-state index in [2.05, 4.69) is 0 Å². The van der Waals surface area contributed by atoms with E-state index >= 15 is 0 Å². The molecule has 0 saturated heterocycles. The third-order valence-corrected chi connectivity index (χ3v) is 1.75. The van der Waals surface area contributed by atoms with E-state index in [1.165, 1.54) is 12.0 Å². The minimum Gasteiger partial charge on any atom is -0.395 e. The highest BCUT2D eigenvalue weighted by molar-refractivity contribution is 5.80. The molecule has 0 rings (SSSR count). The number of ether oxygens (including phenoxy) is 1. The number of amides is 1. The van der Waals surface area contributed by atoms with Crippen LogP contribution in [0.2, 0.25) is 0 Å². The molecule has 13 heavy (non-hydrogen) atoms. The van der Waals surface area contributed by atoms with Crippen LogP contribution in [0.3, 0.4) is 0 Å². The van der Waals surface area contributed by atoms with Crippen LogP contribution in [0.25, 0.3) is 0 Å². The molecule has 78 valence electrons. The maximum absolute atomic E-state index is 11.4. The Balaban J connectivity index is 4.09. The first kappa shape index (κ1) is 12.3. The number of nitrogens with zero attached hydrogens (tertiary/aromatic N) is 1. The molecule has 0 aromatic heterocycles. The van der Waals surface area contributed by atoms with E-state index in [0.717, 1.165) is 0 Å². The lowest BCUT2D eigenvalue weighted by molar-refractivity contribution is -0.141. The second-order valence-corrected chi connectivity index (χ2v) is 2.65. The fraction of sp³-hybridized carbons (Fsp3) is 0.875. The predicted octanol–water partition coefficient (Wildman–Crippen LogP) is -1.17. The summed E-state index contributed by atoms with van der Waals surface area (Å²) in [5.41, 5.74) is 0. The van der Waals surface area contributed by atoms with Crippen molar-refractivity contribution in [3.8, 4) is 0 Å². The van der Waals surface area contributed by atoms with Gasteiger partial charge in [-0.15, -0.1) is 0 Å². The van der Waals surface area contributed by atoms with Crippen LogP contribution in [0.1, 0.15) is 6.92 Å². The summed E-state index contributed by atoms with van der Waals surface area (Å²) in [5, 5.41) is 17.3. The van der Waals surface area contributed by atoms with E-state index < -0.39 is 6.10 Å². The van der Waals surface area contributed by atoms with Gasteiger partial charge in [0.15, 0.2) is 0 Å². The Kier molecular flexibility index (Phi) is 6.48. The minimum atomic E-state index is -0.530. The zero-order valence-corrected chi connectivity index (χ0v) is 8.06. The van der Waals surface area contributed by atoms with Crippen LogP contribution >= 0.6 is 0 Å². The van der Waals surface area contributed by atoms with Gasteiger partial charge in [0.25, 0.3) is 5.91 Å². The topological polar surface area (TPSA) is 70.0 Å². The summed E-state index contributed by atoms with van der Waals surface area (Å²) in [6, 6.07) is 0. The number of hydrogen-bond acceptors (Lipinski definition) is 4. The number of carbonyl (C=O) groups is 1. The molecule has 5 nitrogen and oxygen atoms in total. The van der Waals surface area contributed by atoms with Gasteiger partial charge in [0.1, 0.15) is 6.10 Å². The van der Waals surface area contributed by atoms with Gasteiger partial charge in [-0.1, -0.05) is 0 Å². The molecule has 1 atom stereocenters. The summed E-state index contributed by atoms with van der Waals surface area (Å²) in [5.74, 6) is -0.217. The molecule has 0 aliphatic carbocycles. The van der Waals surface area contributed by atoms with E-state index in [4.69, 9.17) is 14.9 Å². The maximum atomic E-state index is 11.4. The van der Waals surface area contributed by atoms with Crippen molar-refractivity contribution in [3.63, 3.8) is 0 Å². The summed E-state index contributed by atoms with van der Waals surface area (Å²) in [7, 11) is 1.44. The molecule has 0 aliphatic rings. The average Bonchev–Trinajstić information content (AvgIpc) is 2.15. The summed E-state index contributed by atoms with van der Waals surface area (Å²) < 4.78 is 4.83. The Morgan fingerprint density at radius 2 is 1.85 bits per heavy atom. The van der Waals surface area contributed by atoms with Gasteiger partial charge in [-0.3, -0.25) is 4.79 Å². The molecular formula is C8H17NO4. The molecule has 0 spiro atoms. The Labute approximate surface area is 77.9 Å². The molecule has 0 aromatic carbocycles. The maximum Gasteiger partial charge on any atom is 0.251 e. The first-order chi connectivity index (χ1) is 6.17. The van der Waals surface area contributed by atoms with Crippen molar-refractivity contribution in [2.24, 2.45) is 0 Å². The third kappa shape index (κ3) is 4.21. The zero-order valence-electron chi connectivity index (χ0n) is 8.06. The van der Waals surface area contributed by atoms with Gasteiger partial charge in [-0.2, -0.15) is 0 Å². The quantitative estimate of drug-likeness (QED) is 0.555. The summed E-state index contributed by atoms with van der Waals surface area (Å²) in [6.07, 6.45) is -0.530. The van der Waals surface area contributed by atoms with Crippen molar-refractivity contribution in [2.75, 3.05) is 33.4 Å². The monoisotopic (exact) mass is 191 g/mol. The van der Waals surface area contributed by atoms with Crippen molar-refractivity contribution < 1.29 is 19.7 Å². The number of methoxy groups -OCH3 is 1. The fourth-order valence-electron chi connectivity index (χ4n) is 0.932. The molecule has 0 saturated carbocycles. The molecule has 2 N–H and O–H groups in total. The van der Waals surface area contributed by atoms with Crippen LogP contribution in [0.4, 0.5) is 0 Å². The summed E-state index contributed by atoms with van der Waals surface area (Å²) in [6.45, 7) is 1.87. The Bertz CT molecular complexity index is 145. The average molecular weight is 191 g/mol. The largest absolute Gasteiger partial charge is 0.395 e. The molecule has 1 amide bonds. The smallest absolute Gasteiger partial charge is 0.251 e. The Hall–Kier alpha value is -0.650. The number of carbonyl (C=O) groups excluding carboxylic acids is 1. The standard InChI is InChI=1S/C8H17NO4/c1-7(13-2)8(12)9(3-5-10)4-6-11/h7,10-11H,3-6H2,1-2H3. The van der Waals surface area contributed by atoms with Gasteiger partial charge in [0.2, 0.25) is 0 Å². The zero-order chi connectivity index (χ0) is 10.3. The summed E-state index contributed by atoms with van der Waals surface area (Å²) >= 11 is 0. The number of hydrogen-bond donors (Lipinski definition) is 2. The first-order valence-electron chi connectivity index (χ1n) is 4.20. The lowest BCUT2D eigenvalue weighted by Gasteiger charge is -2.23. The molecule has 5 heteroatoms. The molecule has 1 unspecified atom stereocenters. The highest BCUT2D eigenvalue weighted by atomic mass is 16.5. The van der Waals surface area contributed by atoms with Gasteiger partial charge in [-0.05, 0) is 6.92 Å². The van der Waals surface area contributed by atoms with Gasteiger partial charge < -0.3 is 19.8 Å². The predicted molar refractivity (Wildman–Crippen MR) is 47.2 cm³/mol. The first-order valence-corrected chi connectivity index (χ1v) is 4.20. The molecular weight excluding hydrogens is 174 g/mol. The van der Waals surface area contributed by atoms with Crippen molar-refractivity contribution in [2.45, 2.75) is 13.0 Å². The van der Waals surface area contributed by atoms with Crippen molar-refractivity contribution >= 4 is 5.91 Å². The number of rotatable bonds is 6. The fourth-order valence-corrected chi connectivity index (χ4v) is 0.932. The van der Waals surface area contributed by atoms with E-state index in [1.807, 2.05) is 0 Å². The Morgan fingerprint density at radius 1 is 1.38 bits per heavy atom. The SMILES string of the molecule is COC(C)C(=O)N(CCO)CCO. The van der Waals surface area contributed by atoms with Gasteiger partial charge in [0, 0.05) is 20.2 Å². The molecule has 0 aliphatic heterocycles. The lowest BCUT2D eigenvalue weighted by atomic mass is 10.3. The molecule has 0 bridgehead atoms. The van der Waals surface area contributed by atoms with Crippen LogP contribution in [-0.2, 0) is 9.53 Å². The second kappa shape index (κ2) is 6.82. The van der Waals surface area contributed by atoms with E-state index in [-0.39, 0.29) is 32.2 Å². The minimum absolute atomic E-state index is 0.109. The molecule has 0 fully saturated rings. The third-order valence-electron chi connectivity index (χ3n) is 1.75. The van der Waals surface area contributed by atoms with E-state index in [9.17, 15) is 4.79 Å². The van der Waals surface area contributed by atoms with Gasteiger partial charge >= 0.3 is 0 Å². The van der Waals surface area contributed by atoms with Crippen molar-refractivity contribution in [3.05, 3.63) is 0 Å². The van der Waals surface area contributed by atoms with Crippen LogP contribution in [-0.4, -0.2) is 60.5 Å². The van der Waals surface area contributed by atoms with Gasteiger partial charge in [0.05, 0.1) is 13.2 Å². The highest BCUT2D eigenvalue weighted by Gasteiger charge is 2.18. The lowest BCUT2D eigenvalue weighted by Crippen LogP contribution is -2.41. The van der Waals surface area contributed by atoms with Crippen LogP contribution in [0, 0.1) is 0 Å². The summed E-state index contributed by atoms with van der Waals surface area (Å²) in [4.78, 5) is 12.8. The molecule has 0 radical (unpaired) electrons. The van der Waals surface area contributed by atoms with Crippen LogP contribution in [0.15, 0.2) is 0 Å². The normalized spacial score (nSPS) is 12.6. The van der Waals surface area contributed by atoms with Crippen molar-refractivity contribution in [1.29, 1.82) is 0 Å². The van der Waals surface area contributed by atoms with Crippen LogP contribution < -0.4 is 0 Å². The molecule has 0 heterocycles. The molecule has 0 aromatic rings. The van der Waals surface area contributed by atoms with Gasteiger partial charge in [-0.25, -0.2) is 0 Å². The van der Waals surface area contributed by atoms with Crippen molar-refractivity contribution in [1.82, 2.24) is 4.90 Å². The Morgan fingerprint density at radius 3 is 2.15 bits per heavy atom. The number of aliphatic hydroxyl groups excluding tert-OH is 2. The van der Waals surface area contributed by atoms with Crippen LogP contribution in [0.5, 0.6) is 0 Å².